The molecule has 1 aliphatic rings. The van der Waals surface area contributed by atoms with Gasteiger partial charge in [-0.2, -0.15) is 4.31 Å². The van der Waals surface area contributed by atoms with Crippen LogP contribution in [0.4, 0.5) is 5.69 Å². The fraction of sp³-hybridized carbons (Fsp3) is 0.600. The molecule has 6 heteroatoms. The number of aryl methyl sites for hydroxylation is 1. The first-order valence-corrected chi connectivity index (χ1v) is 8.83. The maximum atomic E-state index is 12.7. The second-order valence-corrected chi connectivity index (χ2v) is 8.05. The quantitative estimate of drug-likeness (QED) is 0.857. The predicted molar refractivity (Wildman–Crippen MR) is 85.6 cm³/mol. The van der Waals surface area contributed by atoms with Gasteiger partial charge in [0.1, 0.15) is 4.90 Å². The number of nitrogen functional groups attached to an aromatic ring is 1. The van der Waals surface area contributed by atoms with Crippen molar-refractivity contribution in [1.29, 1.82) is 0 Å². The van der Waals surface area contributed by atoms with E-state index in [9.17, 15) is 8.42 Å². The molecular weight excluding hydrogens is 286 g/mol. The number of piperazine rings is 1. The summed E-state index contributed by atoms with van der Waals surface area (Å²) in [5.41, 5.74) is 7.19. The first-order chi connectivity index (χ1) is 9.80. The average Bonchev–Trinajstić information content (AvgIpc) is 2.38. The number of nitrogens with two attached hydrogens (primary N) is 1. The maximum absolute atomic E-state index is 12.7. The molecule has 1 saturated heterocycles. The molecule has 0 spiro atoms. The number of hydrogen-bond acceptors (Lipinski definition) is 4. The highest BCUT2D eigenvalue weighted by atomic mass is 32.2. The molecule has 0 aromatic heterocycles. The Morgan fingerprint density at radius 1 is 1.19 bits per heavy atom. The van der Waals surface area contributed by atoms with Crippen LogP contribution >= 0.6 is 0 Å². The van der Waals surface area contributed by atoms with Crippen LogP contribution in [0.15, 0.2) is 23.1 Å². The standard InChI is InChI=1S/C15H25N3O2S/c1-12(2)11-17-6-8-18(9-7-17)21(19,20)15-5-4-13(3)10-14(15)16/h4-5,10,12H,6-9,11,16H2,1-3H3. The van der Waals surface area contributed by atoms with Gasteiger partial charge in [-0.25, -0.2) is 8.42 Å². The van der Waals surface area contributed by atoms with Crippen molar-refractivity contribution < 1.29 is 8.42 Å². The van der Waals surface area contributed by atoms with Crippen molar-refractivity contribution in [1.82, 2.24) is 9.21 Å². The lowest BCUT2D eigenvalue weighted by Crippen LogP contribution is -2.49. The molecule has 0 radical (unpaired) electrons. The minimum absolute atomic E-state index is 0.227. The van der Waals surface area contributed by atoms with Crippen LogP contribution in [0.1, 0.15) is 19.4 Å². The molecule has 5 nitrogen and oxygen atoms in total. The Balaban J connectivity index is 2.11. The van der Waals surface area contributed by atoms with E-state index in [1.165, 1.54) is 0 Å². The topological polar surface area (TPSA) is 66.6 Å². The van der Waals surface area contributed by atoms with E-state index in [0.29, 0.717) is 24.7 Å². The Morgan fingerprint density at radius 3 is 2.33 bits per heavy atom. The fourth-order valence-electron chi connectivity index (χ4n) is 2.71. The molecular formula is C15H25N3O2S. The van der Waals surface area contributed by atoms with Crippen LogP contribution in [-0.2, 0) is 10.0 Å². The van der Waals surface area contributed by atoms with Crippen molar-refractivity contribution in [2.75, 3.05) is 38.5 Å². The highest BCUT2D eigenvalue weighted by molar-refractivity contribution is 7.89. The van der Waals surface area contributed by atoms with E-state index in [1.807, 2.05) is 6.92 Å². The van der Waals surface area contributed by atoms with Crippen molar-refractivity contribution >= 4 is 15.7 Å². The van der Waals surface area contributed by atoms with Gasteiger partial charge in [0, 0.05) is 32.7 Å². The van der Waals surface area contributed by atoms with E-state index in [4.69, 9.17) is 5.73 Å². The summed E-state index contributed by atoms with van der Waals surface area (Å²) < 4.78 is 26.9. The molecule has 118 valence electrons. The van der Waals surface area contributed by atoms with Gasteiger partial charge in [0.2, 0.25) is 10.0 Å². The van der Waals surface area contributed by atoms with E-state index in [2.05, 4.69) is 18.7 Å². The zero-order valence-corrected chi connectivity index (χ0v) is 13.9. The Labute approximate surface area is 127 Å². The largest absolute Gasteiger partial charge is 0.398 e. The molecule has 0 aliphatic carbocycles. The molecule has 0 saturated carbocycles. The normalized spacial score (nSPS) is 18.3. The summed E-state index contributed by atoms with van der Waals surface area (Å²) in [6.45, 7) is 9.89. The Morgan fingerprint density at radius 2 is 1.81 bits per heavy atom. The minimum Gasteiger partial charge on any atom is -0.398 e. The second kappa shape index (κ2) is 6.34. The fourth-order valence-corrected chi connectivity index (χ4v) is 4.23. The van der Waals surface area contributed by atoms with Crippen LogP contribution in [0.5, 0.6) is 0 Å². The van der Waals surface area contributed by atoms with Crippen molar-refractivity contribution in [2.45, 2.75) is 25.7 Å². The number of benzene rings is 1. The molecule has 1 fully saturated rings. The van der Waals surface area contributed by atoms with E-state index < -0.39 is 10.0 Å². The number of sulfonamides is 1. The highest BCUT2D eigenvalue weighted by Gasteiger charge is 2.29. The number of hydrogen-bond donors (Lipinski definition) is 1. The van der Waals surface area contributed by atoms with Crippen molar-refractivity contribution in [2.24, 2.45) is 5.92 Å². The summed E-state index contributed by atoms with van der Waals surface area (Å²) in [4.78, 5) is 2.54. The monoisotopic (exact) mass is 311 g/mol. The molecule has 1 aromatic carbocycles. The van der Waals surface area contributed by atoms with Crippen LogP contribution in [0, 0.1) is 12.8 Å². The van der Waals surface area contributed by atoms with Crippen LogP contribution in [-0.4, -0.2) is 50.3 Å². The van der Waals surface area contributed by atoms with E-state index in [1.54, 1.807) is 22.5 Å². The van der Waals surface area contributed by atoms with Gasteiger partial charge in [0.25, 0.3) is 0 Å². The second-order valence-electron chi connectivity index (χ2n) is 6.14. The first-order valence-electron chi connectivity index (χ1n) is 7.39. The van der Waals surface area contributed by atoms with Gasteiger partial charge in [-0.3, -0.25) is 0 Å². The lowest BCUT2D eigenvalue weighted by Gasteiger charge is -2.34. The van der Waals surface area contributed by atoms with Crippen LogP contribution in [0.25, 0.3) is 0 Å². The van der Waals surface area contributed by atoms with Crippen molar-refractivity contribution in [3.8, 4) is 0 Å². The SMILES string of the molecule is Cc1ccc(S(=O)(=O)N2CCN(CC(C)C)CC2)c(N)c1. The summed E-state index contributed by atoms with van der Waals surface area (Å²) in [7, 11) is -3.48. The predicted octanol–water partition coefficient (Wildman–Crippen LogP) is 1.54. The van der Waals surface area contributed by atoms with Crippen LogP contribution < -0.4 is 5.73 Å². The van der Waals surface area contributed by atoms with E-state index in [0.717, 1.165) is 25.2 Å². The van der Waals surface area contributed by atoms with E-state index >= 15 is 0 Å². The van der Waals surface area contributed by atoms with E-state index in [-0.39, 0.29) is 4.90 Å². The van der Waals surface area contributed by atoms with Gasteiger partial charge in [-0.15, -0.1) is 0 Å². The van der Waals surface area contributed by atoms with Gasteiger partial charge in [0.05, 0.1) is 5.69 Å². The summed E-state index contributed by atoms with van der Waals surface area (Å²) in [6, 6.07) is 5.11. The molecule has 1 aliphatic heterocycles. The zero-order valence-electron chi connectivity index (χ0n) is 13.0. The third-order valence-corrected chi connectivity index (χ3v) is 5.71. The molecule has 0 unspecified atom stereocenters. The molecule has 21 heavy (non-hydrogen) atoms. The van der Waals surface area contributed by atoms with Gasteiger partial charge in [-0.05, 0) is 30.5 Å². The third kappa shape index (κ3) is 3.75. The smallest absolute Gasteiger partial charge is 0.245 e. The van der Waals surface area contributed by atoms with Gasteiger partial charge in [0.15, 0.2) is 0 Å². The number of rotatable bonds is 4. The van der Waals surface area contributed by atoms with Crippen LogP contribution in [0.3, 0.4) is 0 Å². The first kappa shape index (κ1) is 16.3. The lowest BCUT2D eigenvalue weighted by atomic mass is 10.2. The summed E-state index contributed by atoms with van der Waals surface area (Å²) >= 11 is 0. The third-order valence-electron chi connectivity index (χ3n) is 3.74. The average molecular weight is 311 g/mol. The number of anilines is 1. The van der Waals surface area contributed by atoms with Crippen LogP contribution in [0.2, 0.25) is 0 Å². The molecule has 0 atom stereocenters. The van der Waals surface area contributed by atoms with Gasteiger partial charge < -0.3 is 10.6 Å². The Bertz CT molecular complexity index is 591. The Kier molecular flexibility index (Phi) is 4.91. The molecule has 2 N–H and O–H groups in total. The lowest BCUT2D eigenvalue weighted by molar-refractivity contribution is 0.172. The zero-order chi connectivity index (χ0) is 15.6. The van der Waals surface area contributed by atoms with Crippen molar-refractivity contribution in [3.05, 3.63) is 23.8 Å². The maximum Gasteiger partial charge on any atom is 0.245 e. The molecule has 2 rings (SSSR count). The summed E-state index contributed by atoms with van der Waals surface area (Å²) in [5, 5.41) is 0. The summed E-state index contributed by atoms with van der Waals surface area (Å²) in [5.74, 6) is 0.598. The van der Waals surface area contributed by atoms with Crippen molar-refractivity contribution in [3.63, 3.8) is 0 Å². The molecule has 0 bridgehead atoms. The molecule has 0 amide bonds. The minimum atomic E-state index is -3.48. The van der Waals surface area contributed by atoms with Gasteiger partial charge >= 0.3 is 0 Å². The van der Waals surface area contributed by atoms with Gasteiger partial charge in [-0.1, -0.05) is 19.9 Å². The Hall–Kier alpha value is -1.11. The number of nitrogens with zero attached hydrogens (tertiary/aromatic N) is 2. The summed E-state index contributed by atoms with van der Waals surface area (Å²) in [6.07, 6.45) is 0. The molecule has 1 aromatic rings. The molecule has 1 heterocycles. The highest BCUT2D eigenvalue weighted by Crippen LogP contribution is 2.24.